The van der Waals surface area contributed by atoms with Crippen LogP contribution >= 0.6 is 11.8 Å². The summed E-state index contributed by atoms with van der Waals surface area (Å²) in [4.78, 5) is 28.4. The van der Waals surface area contributed by atoms with Crippen LogP contribution in [-0.4, -0.2) is 29.3 Å². The number of aliphatic imine (C=N–C) groups is 1. The fourth-order valence-corrected chi connectivity index (χ4v) is 3.18. The molecular formula is C19H16N2O4S. The van der Waals surface area contributed by atoms with Gasteiger partial charge in [-0.2, -0.15) is 0 Å². The lowest BCUT2D eigenvalue weighted by Crippen LogP contribution is -2.19. The smallest absolute Gasteiger partial charge is 0.337 e. The van der Waals surface area contributed by atoms with E-state index < -0.39 is 5.97 Å². The van der Waals surface area contributed by atoms with E-state index >= 15 is 0 Å². The van der Waals surface area contributed by atoms with E-state index in [1.54, 1.807) is 42.5 Å². The third-order valence-corrected chi connectivity index (χ3v) is 4.62. The summed E-state index contributed by atoms with van der Waals surface area (Å²) in [7, 11) is 1.32. The molecule has 6 nitrogen and oxygen atoms in total. The maximum absolute atomic E-state index is 12.2. The van der Waals surface area contributed by atoms with Gasteiger partial charge in [-0.25, -0.2) is 9.79 Å². The number of carbonyl (C=O) groups excluding carboxylic acids is 2. The number of thioether (sulfide) groups is 1. The largest absolute Gasteiger partial charge is 0.506 e. The number of aryl methyl sites for hydroxylation is 1. The second-order valence-corrected chi connectivity index (χ2v) is 6.57. The third kappa shape index (κ3) is 3.78. The zero-order valence-corrected chi connectivity index (χ0v) is 15.0. The number of hydrogen-bond donors (Lipinski definition) is 2. The number of esters is 1. The topological polar surface area (TPSA) is 88.0 Å². The van der Waals surface area contributed by atoms with Crippen molar-refractivity contribution < 1.29 is 19.4 Å². The first-order chi connectivity index (χ1) is 12.5. The van der Waals surface area contributed by atoms with E-state index in [1.165, 1.54) is 18.9 Å². The van der Waals surface area contributed by atoms with Gasteiger partial charge in [0.05, 0.1) is 17.6 Å². The van der Waals surface area contributed by atoms with Crippen molar-refractivity contribution in [2.75, 3.05) is 7.11 Å². The minimum atomic E-state index is -0.412. The van der Waals surface area contributed by atoms with Crippen molar-refractivity contribution in [1.82, 2.24) is 5.32 Å². The first kappa shape index (κ1) is 17.8. The average Bonchev–Trinajstić information content (AvgIpc) is 2.97. The van der Waals surface area contributed by atoms with E-state index in [4.69, 9.17) is 0 Å². The maximum atomic E-state index is 12.2. The summed E-state index contributed by atoms with van der Waals surface area (Å²) in [5.74, 6) is -0.619. The van der Waals surface area contributed by atoms with Crippen LogP contribution in [0.15, 0.2) is 52.4 Å². The Balaban J connectivity index is 1.82. The molecule has 1 aliphatic heterocycles. The van der Waals surface area contributed by atoms with Gasteiger partial charge in [0.25, 0.3) is 5.91 Å². The molecule has 2 N–H and O–H groups in total. The minimum Gasteiger partial charge on any atom is -0.506 e. The van der Waals surface area contributed by atoms with Crippen LogP contribution in [0.1, 0.15) is 21.5 Å². The average molecular weight is 368 g/mol. The van der Waals surface area contributed by atoms with Crippen LogP contribution in [0.3, 0.4) is 0 Å². The Hall–Kier alpha value is -3.06. The highest BCUT2D eigenvalue weighted by Crippen LogP contribution is 2.33. The van der Waals surface area contributed by atoms with E-state index in [1.807, 2.05) is 13.0 Å². The number of benzene rings is 2. The summed E-state index contributed by atoms with van der Waals surface area (Å²) in [6.45, 7) is 1.83. The number of aromatic hydroxyl groups is 1. The Morgan fingerprint density at radius 2 is 1.96 bits per heavy atom. The predicted molar refractivity (Wildman–Crippen MR) is 101 cm³/mol. The standard InChI is InChI=1S/C19H16N2O4S/c1-11-4-3-5-14(22)16(11)20-19-21-17(23)15(26-19)10-12-6-8-13(9-7-12)18(24)25-2/h3-10,22H,1-2H3,(H,20,21,23)/b15-10-. The van der Waals surface area contributed by atoms with Gasteiger partial charge in [-0.05, 0) is 54.1 Å². The van der Waals surface area contributed by atoms with E-state index in [2.05, 4.69) is 15.0 Å². The van der Waals surface area contributed by atoms with Crippen LogP contribution in [0.25, 0.3) is 6.08 Å². The Morgan fingerprint density at radius 1 is 1.23 bits per heavy atom. The highest BCUT2D eigenvalue weighted by atomic mass is 32.2. The number of phenolic OH excluding ortho intramolecular Hbond substituents is 1. The zero-order chi connectivity index (χ0) is 18.7. The molecule has 3 rings (SSSR count). The van der Waals surface area contributed by atoms with Gasteiger partial charge >= 0.3 is 5.97 Å². The fourth-order valence-electron chi connectivity index (χ4n) is 2.36. The molecule has 0 atom stereocenters. The Morgan fingerprint density at radius 3 is 2.62 bits per heavy atom. The Kier molecular flexibility index (Phi) is 5.09. The van der Waals surface area contributed by atoms with Gasteiger partial charge in [0.15, 0.2) is 5.17 Å². The monoisotopic (exact) mass is 368 g/mol. The molecule has 1 saturated heterocycles. The normalized spacial score (nSPS) is 16.8. The first-order valence-electron chi connectivity index (χ1n) is 7.74. The minimum absolute atomic E-state index is 0.0585. The number of para-hydroxylation sites is 1. The molecule has 1 fully saturated rings. The number of nitrogens with one attached hydrogen (secondary N) is 1. The lowest BCUT2D eigenvalue weighted by molar-refractivity contribution is -0.115. The van der Waals surface area contributed by atoms with Crippen LogP contribution in [0.2, 0.25) is 0 Å². The van der Waals surface area contributed by atoms with Crippen LogP contribution in [0, 0.1) is 6.92 Å². The predicted octanol–water partition coefficient (Wildman–Crippen LogP) is 3.38. The summed E-state index contributed by atoms with van der Waals surface area (Å²) in [6, 6.07) is 11.8. The molecule has 0 radical (unpaired) electrons. The van der Waals surface area contributed by atoms with Crippen molar-refractivity contribution in [3.05, 3.63) is 64.1 Å². The van der Waals surface area contributed by atoms with Crippen molar-refractivity contribution in [2.24, 2.45) is 4.99 Å². The van der Waals surface area contributed by atoms with Gasteiger partial charge in [0.2, 0.25) is 0 Å². The lowest BCUT2D eigenvalue weighted by atomic mass is 10.1. The van der Waals surface area contributed by atoms with E-state index in [0.717, 1.165) is 11.1 Å². The van der Waals surface area contributed by atoms with Crippen LogP contribution in [0.4, 0.5) is 5.69 Å². The number of phenols is 1. The van der Waals surface area contributed by atoms with Gasteiger partial charge in [0, 0.05) is 0 Å². The zero-order valence-electron chi connectivity index (χ0n) is 14.1. The molecule has 0 aliphatic carbocycles. The third-order valence-electron chi connectivity index (χ3n) is 3.71. The molecule has 1 amide bonds. The molecule has 0 aromatic heterocycles. The van der Waals surface area contributed by atoms with Crippen LogP contribution in [0.5, 0.6) is 5.75 Å². The van der Waals surface area contributed by atoms with Gasteiger partial charge < -0.3 is 15.2 Å². The molecule has 7 heteroatoms. The maximum Gasteiger partial charge on any atom is 0.337 e. The van der Waals surface area contributed by atoms with Crippen molar-refractivity contribution in [3.63, 3.8) is 0 Å². The quantitative estimate of drug-likeness (QED) is 0.640. The number of amidine groups is 1. The summed E-state index contributed by atoms with van der Waals surface area (Å²) in [6.07, 6.45) is 1.71. The number of amides is 1. The molecule has 0 unspecified atom stereocenters. The highest BCUT2D eigenvalue weighted by Gasteiger charge is 2.24. The van der Waals surface area contributed by atoms with E-state index in [0.29, 0.717) is 21.3 Å². The first-order valence-corrected chi connectivity index (χ1v) is 8.56. The summed E-state index contributed by atoms with van der Waals surface area (Å²) in [5.41, 5.74) is 2.45. The number of nitrogens with zero attached hydrogens (tertiary/aromatic N) is 1. The van der Waals surface area contributed by atoms with Gasteiger partial charge in [-0.3, -0.25) is 4.79 Å². The fraction of sp³-hybridized carbons (Fsp3) is 0.105. The Labute approximate surface area is 154 Å². The number of rotatable bonds is 3. The molecule has 0 bridgehead atoms. The molecule has 1 heterocycles. The number of carbonyl (C=O) groups is 2. The molecule has 26 heavy (non-hydrogen) atoms. The molecule has 2 aromatic carbocycles. The second kappa shape index (κ2) is 7.45. The number of methoxy groups -OCH3 is 1. The molecule has 0 spiro atoms. The van der Waals surface area contributed by atoms with E-state index in [-0.39, 0.29) is 11.7 Å². The van der Waals surface area contributed by atoms with Crippen molar-refractivity contribution in [1.29, 1.82) is 0 Å². The SMILES string of the molecule is COC(=O)c1ccc(/C=C2\SC(=Nc3c(C)cccc3O)NC2=O)cc1. The Bertz CT molecular complexity index is 913. The van der Waals surface area contributed by atoms with E-state index in [9.17, 15) is 14.7 Å². The summed E-state index contributed by atoms with van der Waals surface area (Å²) < 4.78 is 4.66. The van der Waals surface area contributed by atoms with Crippen molar-refractivity contribution >= 4 is 40.6 Å². The summed E-state index contributed by atoms with van der Waals surface area (Å²) >= 11 is 1.19. The van der Waals surface area contributed by atoms with Gasteiger partial charge in [-0.15, -0.1) is 0 Å². The number of ether oxygens (including phenoxy) is 1. The molecule has 1 aliphatic rings. The molecular weight excluding hydrogens is 352 g/mol. The summed E-state index contributed by atoms with van der Waals surface area (Å²) in [5, 5.41) is 13.0. The lowest BCUT2D eigenvalue weighted by Gasteiger charge is -2.03. The van der Waals surface area contributed by atoms with Crippen LogP contribution < -0.4 is 5.32 Å². The van der Waals surface area contributed by atoms with Gasteiger partial charge in [-0.1, -0.05) is 24.3 Å². The molecule has 132 valence electrons. The molecule has 2 aromatic rings. The van der Waals surface area contributed by atoms with Crippen molar-refractivity contribution in [2.45, 2.75) is 6.92 Å². The molecule has 0 saturated carbocycles. The van der Waals surface area contributed by atoms with Gasteiger partial charge in [0.1, 0.15) is 11.4 Å². The highest BCUT2D eigenvalue weighted by molar-refractivity contribution is 8.18. The number of hydrogen-bond acceptors (Lipinski definition) is 6. The van der Waals surface area contributed by atoms with Crippen LogP contribution in [-0.2, 0) is 9.53 Å². The van der Waals surface area contributed by atoms with Crippen molar-refractivity contribution in [3.8, 4) is 5.75 Å². The second-order valence-electron chi connectivity index (χ2n) is 5.54.